The van der Waals surface area contributed by atoms with Gasteiger partial charge in [0.15, 0.2) is 0 Å². The molecule has 25 heavy (non-hydrogen) atoms. The molecule has 1 aliphatic rings. The number of halogens is 2. The Labute approximate surface area is 155 Å². The number of methoxy groups -OCH3 is 2. The van der Waals surface area contributed by atoms with E-state index in [1.807, 2.05) is 0 Å². The van der Waals surface area contributed by atoms with Crippen molar-refractivity contribution in [3.8, 4) is 0 Å². The molecule has 7 nitrogen and oxygen atoms in total. The lowest BCUT2D eigenvalue weighted by Crippen LogP contribution is -2.46. The number of hydrogen-bond donors (Lipinski definition) is 1. The minimum atomic E-state index is -0.724. The number of nitrogens with zero attached hydrogens (tertiary/aromatic N) is 1. The molecule has 0 spiro atoms. The van der Waals surface area contributed by atoms with E-state index in [-0.39, 0.29) is 29.8 Å². The number of rotatable bonds is 5. The minimum Gasteiger partial charge on any atom is -0.467 e. The molecule has 1 aromatic rings. The van der Waals surface area contributed by atoms with Crippen LogP contribution in [0.5, 0.6) is 0 Å². The first kappa shape index (κ1) is 19.5. The number of amides is 2. The lowest BCUT2D eigenvalue weighted by atomic mass is 10.2. The first-order valence-corrected chi connectivity index (χ1v) is 8.26. The molecule has 9 heteroatoms. The predicted octanol–water partition coefficient (Wildman–Crippen LogP) is 1.51. The molecule has 2 atom stereocenters. The van der Waals surface area contributed by atoms with Gasteiger partial charge in [-0.2, -0.15) is 0 Å². The Hall–Kier alpha value is -1.83. The molecule has 1 aromatic carbocycles. The van der Waals surface area contributed by atoms with Crippen molar-refractivity contribution in [3.63, 3.8) is 0 Å². The van der Waals surface area contributed by atoms with E-state index in [1.165, 1.54) is 37.3 Å². The molecule has 0 radical (unpaired) electrons. The molecule has 0 saturated carbocycles. The highest BCUT2D eigenvalue weighted by molar-refractivity contribution is 6.36. The van der Waals surface area contributed by atoms with E-state index in [2.05, 4.69) is 5.32 Å². The van der Waals surface area contributed by atoms with Gasteiger partial charge in [-0.05, 0) is 18.2 Å². The van der Waals surface area contributed by atoms with Crippen LogP contribution in [-0.4, -0.2) is 62.1 Å². The van der Waals surface area contributed by atoms with Gasteiger partial charge >= 0.3 is 5.97 Å². The smallest absolute Gasteiger partial charge is 0.328 e. The van der Waals surface area contributed by atoms with Crippen molar-refractivity contribution in [2.75, 3.05) is 27.3 Å². The maximum atomic E-state index is 12.4. The largest absolute Gasteiger partial charge is 0.467 e. The summed E-state index contributed by atoms with van der Waals surface area (Å²) in [6, 6.07) is 3.72. The number of benzene rings is 1. The van der Waals surface area contributed by atoms with Gasteiger partial charge in [-0.15, -0.1) is 0 Å². The molecule has 1 fully saturated rings. The quantitative estimate of drug-likeness (QED) is 0.772. The van der Waals surface area contributed by atoms with Crippen LogP contribution in [0.1, 0.15) is 16.8 Å². The predicted molar refractivity (Wildman–Crippen MR) is 91.7 cm³/mol. The van der Waals surface area contributed by atoms with Crippen molar-refractivity contribution in [2.45, 2.75) is 18.6 Å². The Bertz CT molecular complexity index is 682. The van der Waals surface area contributed by atoms with Gasteiger partial charge in [0.2, 0.25) is 5.91 Å². The maximum absolute atomic E-state index is 12.4. The lowest BCUT2D eigenvalue weighted by Gasteiger charge is -2.22. The summed E-state index contributed by atoms with van der Waals surface area (Å²) >= 11 is 11.8. The summed E-state index contributed by atoms with van der Waals surface area (Å²) in [5, 5.41) is 3.09. The van der Waals surface area contributed by atoms with Crippen molar-refractivity contribution in [1.82, 2.24) is 10.2 Å². The summed E-state index contributed by atoms with van der Waals surface area (Å²) in [5.41, 5.74) is 0.208. The van der Waals surface area contributed by atoms with Crippen molar-refractivity contribution in [2.24, 2.45) is 0 Å². The fourth-order valence-electron chi connectivity index (χ4n) is 2.63. The summed E-state index contributed by atoms with van der Waals surface area (Å²) in [6.07, 6.45) is 0.0979. The fraction of sp³-hybridized carbons (Fsp3) is 0.438. The van der Waals surface area contributed by atoms with E-state index in [0.717, 1.165) is 0 Å². The molecule has 1 saturated heterocycles. The number of carbonyl (C=O) groups is 3. The normalized spacial score (nSPS) is 19.6. The summed E-state index contributed by atoms with van der Waals surface area (Å²) in [4.78, 5) is 37.8. The Morgan fingerprint density at radius 1 is 1.28 bits per heavy atom. The number of ether oxygens (including phenoxy) is 2. The molecular formula is C16H18Cl2N2O5. The van der Waals surface area contributed by atoms with Gasteiger partial charge in [0.25, 0.3) is 5.91 Å². The zero-order chi connectivity index (χ0) is 18.6. The van der Waals surface area contributed by atoms with E-state index in [0.29, 0.717) is 11.4 Å². The van der Waals surface area contributed by atoms with Crippen LogP contribution in [0.4, 0.5) is 0 Å². The molecule has 136 valence electrons. The van der Waals surface area contributed by atoms with Gasteiger partial charge in [0.05, 0.1) is 30.3 Å². The second kappa shape index (κ2) is 8.51. The summed E-state index contributed by atoms with van der Waals surface area (Å²) in [7, 11) is 2.77. The van der Waals surface area contributed by atoms with E-state index in [1.54, 1.807) is 0 Å². The fourth-order valence-corrected chi connectivity index (χ4v) is 3.12. The van der Waals surface area contributed by atoms with Crippen molar-refractivity contribution >= 4 is 41.0 Å². The number of esters is 1. The molecule has 2 rings (SSSR count). The van der Waals surface area contributed by atoms with E-state index < -0.39 is 23.8 Å². The van der Waals surface area contributed by atoms with Crippen LogP contribution < -0.4 is 5.32 Å². The highest BCUT2D eigenvalue weighted by Crippen LogP contribution is 2.22. The molecule has 0 aromatic heterocycles. The van der Waals surface area contributed by atoms with Gasteiger partial charge in [-0.1, -0.05) is 23.2 Å². The van der Waals surface area contributed by atoms with Gasteiger partial charge in [0, 0.05) is 25.1 Å². The zero-order valence-corrected chi connectivity index (χ0v) is 15.3. The molecule has 2 amide bonds. The minimum absolute atomic E-state index is 0.186. The van der Waals surface area contributed by atoms with Crippen LogP contribution in [0.2, 0.25) is 10.0 Å². The van der Waals surface area contributed by atoms with Crippen LogP contribution in [-0.2, 0) is 19.1 Å². The van der Waals surface area contributed by atoms with Crippen molar-refractivity contribution in [3.05, 3.63) is 33.8 Å². The van der Waals surface area contributed by atoms with E-state index in [4.69, 9.17) is 32.7 Å². The lowest BCUT2D eigenvalue weighted by molar-refractivity contribution is -0.150. The van der Waals surface area contributed by atoms with Crippen LogP contribution >= 0.6 is 23.2 Å². The second-order valence-corrected chi connectivity index (χ2v) is 6.33. The number of likely N-dealkylation sites (tertiary alicyclic amines) is 1. The molecular weight excluding hydrogens is 371 g/mol. The highest BCUT2D eigenvalue weighted by Gasteiger charge is 2.40. The highest BCUT2D eigenvalue weighted by atomic mass is 35.5. The van der Waals surface area contributed by atoms with Crippen LogP contribution in [0.3, 0.4) is 0 Å². The Kier molecular flexibility index (Phi) is 6.64. The molecule has 0 aliphatic carbocycles. The van der Waals surface area contributed by atoms with Crippen molar-refractivity contribution < 1.29 is 23.9 Å². The first-order valence-electron chi connectivity index (χ1n) is 7.50. The molecule has 1 heterocycles. The maximum Gasteiger partial charge on any atom is 0.328 e. The average molecular weight is 389 g/mol. The number of hydrogen-bond acceptors (Lipinski definition) is 5. The van der Waals surface area contributed by atoms with Crippen LogP contribution in [0.25, 0.3) is 0 Å². The second-order valence-electron chi connectivity index (χ2n) is 5.49. The summed E-state index contributed by atoms with van der Waals surface area (Å²) < 4.78 is 9.94. The topological polar surface area (TPSA) is 84.9 Å². The SMILES string of the molecule is COC(=O)[C@H]1C[C@@H](OC)CN1C(=O)CNC(=O)c1ccc(Cl)cc1Cl. The summed E-state index contributed by atoms with van der Waals surface area (Å²) in [6.45, 7) is -0.0195. The molecule has 0 unspecified atom stereocenters. The molecule has 1 N–H and O–H groups in total. The zero-order valence-electron chi connectivity index (χ0n) is 13.8. The van der Waals surface area contributed by atoms with E-state index in [9.17, 15) is 14.4 Å². The first-order chi connectivity index (χ1) is 11.9. The third-order valence-electron chi connectivity index (χ3n) is 3.97. The van der Waals surface area contributed by atoms with Gasteiger partial charge in [-0.25, -0.2) is 4.79 Å². The average Bonchev–Trinajstić information content (AvgIpc) is 3.03. The third kappa shape index (κ3) is 4.62. The van der Waals surface area contributed by atoms with Gasteiger partial charge < -0.3 is 19.7 Å². The van der Waals surface area contributed by atoms with Crippen LogP contribution in [0, 0.1) is 0 Å². The number of carbonyl (C=O) groups excluding carboxylic acids is 3. The van der Waals surface area contributed by atoms with E-state index >= 15 is 0 Å². The standard InChI is InChI=1S/C16H18Cl2N2O5/c1-24-10-6-13(16(23)25-2)20(8-10)14(21)7-19-15(22)11-4-3-9(17)5-12(11)18/h3-5,10,13H,6-8H2,1-2H3,(H,19,22)/t10-,13-/m1/s1. The summed E-state index contributed by atoms with van der Waals surface area (Å²) in [5.74, 6) is -1.43. The Morgan fingerprint density at radius 3 is 2.60 bits per heavy atom. The van der Waals surface area contributed by atoms with Gasteiger partial charge in [-0.3, -0.25) is 9.59 Å². The van der Waals surface area contributed by atoms with Crippen molar-refractivity contribution in [1.29, 1.82) is 0 Å². The monoisotopic (exact) mass is 388 g/mol. The number of nitrogens with one attached hydrogen (secondary N) is 1. The Morgan fingerprint density at radius 2 is 2.00 bits per heavy atom. The van der Waals surface area contributed by atoms with Crippen LogP contribution in [0.15, 0.2) is 18.2 Å². The Balaban J connectivity index is 2.00. The van der Waals surface area contributed by atoms with Gasteiger partial charge in [0.1, 0.15) is 6.04 Å². The molecule has 1 aliphatic heterocycles. The third-order valence-corrected chi connectivity index (χ3v) is 4.51. The molecule has 0 bridgehead atoms.